The van der Waals surface area contributed by atoms with Gasteiger partial charge < -0.3 is 11.1 Å². The average Bonchev–Trinajstić information content (AvgIpc) is 2.03. The summed E-state index contributed by atoms with van der Waals surface area (Å²) in [6.07, 6.45) is 0.498. The van der Waals surface area contributed by atoms with Gasteiger partial charge in [0.2, 0.25) is 0 Å². The van der Waals surface area contributed by atoms with E-state index in [0.29, 0.717) is 13.0 Å². The van der Waals surface area contributed by atoms with E-state index >= 15 is 0 Å². The number of nitrogens with one attached hydrogen (secondary N) is 1. The highest BCUT2D eigenvalue weighted by Crippen LogP contribution is 1.95. The van der Waals surface area contributed by atoms with Crippen LogP contribution in [0, 0.1) is 0 Å². The minimum Gasteiger partial charge on any atom is -0.329 e. The Kier molecular flexibility index (Phi) is 12.4. The summed E-state index contributed by atoms with van der Waals surface area (Å²) in [5.74, 6) is 0. The molecule has 0 aromatic heterocycles. The second kappa shape index (κ2) is 10.0. The average molecular weight is 178 g/mol. The molecule has 3 nitrogen and oxygen atoms in total. The van der Waals surface area contributed by atoms with Gasteiger partial charge in [-0.1, -0.05) is 23.1 Å². The van der Waals surface area contributed by atoms with Crippen LogP contribution in [-0.2, 0) is 4.79 Å². The lowest BCUT2D eigenvalue weighted by Crippen LogP contribution is -2.34. The Labute approximate surface area is 71.3 Å². The molecule has 3 N–H and O–H groups in total. The van der Waals surface area contributed by atoms with Crippen LogP contribution in [0.5, 0.6) is 0 Å². The molecule has 0 aliphatic rings. The summed E-state index contributed by atoms with van der Waals surface area (Å²) in [5.41, 5.74) is 5.40. The number of nitrogens with two attached hydrogens (primary N) is 1. The molecule has 0 spiro atoms. The highest BCUT2D eigenvalue weighted by molar-refractivity contribution is 7.40. The van der Waals surface area contributed by atoms with Crippen molar-refractivity contribution in [1.82, 2.24) is 5.32 Å². The Morgan fingerprint density at radius 3 is 2.18 bits per heavy atom. The number of likely N-dealkylation sites (N-methyl/N-ethyl adjacent to an activating group) is 1. The third kappa shape index (κ3) is 10.0. The van der Waals surface area contributed by atoms with Gasteiger partial charge in [-0.2, -0.15) is 0 Å². The lowest BCUT2D eigenvalue weighted by atomic mass is 10.2. The van der Waals surface area contributed by atoms with Crippen molar-refractivity contribution in [2.45, 2.75) is 26.3 Å². The molecule has 0 saturated carbocycles. The summed E-state index contributed by atoms with van der Waals surface area (Å²) in [7, 11) is 3.92. The maximum Gasteiger partial charge on any atom is 0.149 e. The van der Waals surface area contributed by atoms with Crippen molar-refractivity contribution in [2.24, 2.45) is 5.73 Å². The van der Waals surface area contributed by atoms with E-state index in [1.165, 1.54) is 0 Å². The van der Waals surface area contributed by atoms with Gasteiger partial charge in [-0.05, 0) is 7.05 Å². The lowest BCUT2D eigenvalue weighted by Gasteiger charge is -2.09. The first-order chi connectivity index (χ1) is 5.20. The van der Waals surface area contributed by atoms with E-state index in [1.54, 1.807) is 7.05 Å². The molecule has 2 atom stereocenters. The fraction of sp³-hybridized carbons (Fsp3) is 0.857. The van der Waals surface area contributed by atoms with E-state index in [1.807, 2.05) is 13.8 Å². The third-order valence-electron chi connectivity index (χ3n) is 1.14. The molecule has 0 amide bonds. The van der Waals surface area contributed by atoms with Crippen molar-refractivity contribution in [3.05, 3.63) is 0 Å². The zero-order valence-corrected chi connectivity index (χ0v) is 8.71. The van der Waals surface area contributed by atoms with Crippen molar-refractivity contribution in [1.29, 1.82) is 0 Å². The zero-order chi connectivity index (χ0) is 9.28. The molecule has 0 heterocycles. The fourth-order valence-electron chi connectivity index (χ4n) is 0.546. The van der Waals surface area contributed by atoms with E-state index in [0.717, 1.165) is 0 Å². The van der Waals surface area contributed by atoms with E-state index in [4.69, 9.17) is 5.73 Å². The standard InChI is InChI=1S/C5H13N2OP.C2H6/c1-7-4(3-6)2-5(8)9;1-2/h4,7H,2-3,6,9H2,1H3;1-2H3. The van der Waals surface area contributed by atoms with Crippen molar-refractivity contribution in [3.8, 4) is 0 Å². The number of carbonyl (C=O) groups excluding carboxylic acids is 1. The summed E-state index contributed by atoms with van der Waals surface area (Å²) >= 11 is 0. The number of carbonyl (C=O) groups is 1. The summed E-state index contributed by atoms with van der Waals surface area (Å²) < 4.78 is 0. The minimum absolute atomic E-state index is 0.0970. The lowest BCUT2D eigenvalue weighted by molar-refractivity contribution is -0.111. The molecule has 0 aliphatic heterocycles. The van der Waals surface area contributed by atoms with Crippen molar-refractivity contribution in [3.63, 3.8) is 0 Å². The summed E-state index contributed by atoms with van der Waals surface area (Å²) in [6, 6.07) is 0.134. The third-order valence-corrected chi connectivity index (χ3v) is 1.38. The van der Waals surface area contributed by atoms with Crippen LogP contribution in [0.2, 0.25) is 0 Å². The van der Waals surface area contributed by atoms with Crippen molar-refractivity contribution in [2.75, 3.05) is 13.6 Å². The maximum absolute atomic E-state index is 10.4. The van der Waals surface area contributed by atoms with Gasteiger partial charge in [0.05, 0.1) is 0 Å². The van der Waals surface area contributed by atoms with Gasteiger partial charge in [0.15, 0.2) is 0 Å². The van der Waals surface area contributed by atoms with Crippen molar-refractivity contribution >= 4 is 14.8 Å². The van der Waals surface area contributed by atoms with Gasteiger partial charge in [-0.25, -0.2) is 0 Å². The monoisotopic (exact) mass is 178 g/mol. The van der Waals surface area contributed by atoms with Crippen LogP contribution in [0.4, 0.5) is 0 Å². The first-order valence-corrected chi connectivity index (χ1v) is 4.44. The molecule has 68 valence electrons. The van der Waals surface area contributed by atoms with E-state index < -0.39 is 0 Å². The largest absolute Gasteiger partial charge is 0.329 e. The first kappa shape index (κ1) is 13.6. The van der Waals surface area contributed by atoms with Crippen molar-refractivity contribution < 1.29 is 4.79 Å². The number of hydrogen-bond donors (Lipinski definition) is 2. The van der Waals surface area contributed by atoms with Crippen LogP contribution in [0.15, 0.2) is 0 Å². The predicted octanol–water partition coefficient (Wildman–Crippen LogP) is 0.351. The normalized spacial score (nSPS) is 11.4. The molecule has 11 heavy (non-hydrogen) atoms. The highest BCUT2D eigenvalue weighted by atomic mass is 31.0. The smallest absolute Gasteiger partial charge is 0.149 e. The topological polar surface area (TPSA) is 55.1 Å². The van der Waals surface area contributed by atoms with Crippen LogP contribution >= 0.6 is 9.24 Å². The summed E-state index contributed by atoms with van der Waals surface area (Å²) in [4.78, 5) is 10.4. The molecule has 0 saturated heterocycles. The van der Waals surface area contributed by atoms with Crippen LogP contribution in [0.25, 0.3) is 0 Å². The maximum atomic E-state index is 10.4. The van der Waals surface area contributed by atoms with Gasteiger partial charge in [-0.15, -0.1) is 0 Å². The molecule has 0 rings (SSSR count). The Hall–Kier alpha value is 0.0200. The highest BCUT2D eigenvalue weighted by Gasteiger charge is 2.04. The van der Waals surface area contributed by atoms with Crippen LogP contribution < -0.4 is 11.1 Å². The zero-order valence-electron chi connectivity index (χ0n) is 7.55. The predicted molar refractivity (Wildman–Crippen MR) is 52.6 cm³/mol. The Morgan fingerprint density at radius 1 is 1.64 bits per heavy atom. The second-order valence-electron chi connectivity index (χ2n) is 1.89. The molecular formula is C7H19N2OP. The SMILES string of the molecule is CC.CNC(CN)CC(=O)P. The summed E-state index contributed by atoms with van der Waals surface area (Å²) in [5, 5.41) is 2.92. The van der Waals surface area contributed by atoms with Gasteiger partial charge >= 0.3 is 0 Å². The molecule has 0 bridgehead atoms. The number of rotatable bonds is 4. The molecule has 2 unspecified atom stereocenters. The molecule has 0 aliphatic carbocycles. The quantitative estimate of drug-likeness (QED) is 0.611. The molecule has 4 heteroatoms. The van der Waals surface area contributed by atoms with Crippen LogP contribution in [0.3, 0.4) is 0 Å². The Bertz CT molecular complexity index is 94.4. The molecular weight excluding hydrogens is 159 g/mol. The molecule has 0 aromatic carbocycles. The molecule has 0 radical (unpaired) electrons. The minimum atomic E-state index is 0.0970. The van der Waals surface area contributed by atoms with Gasteiger partial charge in [0.1, 0.15) is 5.52 Å². The molecule has 0 aromatic rings. The number of hydrogen-bond acceptors (Lipinski definition) is 3. The Morgan fingerprint density at radius 2 is 2.09 bits per heavy atom. The van der Waals surface area contributed by atoms with Crippen LogP contribution in [-0.4, -0.2) is 25.2 Å². The molecule has 0 fully saturated rings. The summed E-state index contributed by atoms with van der Waals surface area (Å²) in [6.45, 7) is 4.51. The first-order valence-electron chi connectivity index (χ1n) is 3.86. The van der Waals surface area contributed by atoms with Crippen LogP contribution in [0.1, 0.15) is 20.3 Å². The fourth-order valence-corrected chi connectivity index (χ4v) is 0.831. The second-order valence-corrected chi connectivity index (χ2v) is 2.54. The van der Waals surface area contributed by atoms with E-state index in [2.05, 4.69) is 14.6 Å². The Balaban J connectivity index is 0. The van der Waals surface area contributed by atoms with Gasteiger partial charge in [0, 0.05) is 19.0 Å². The van der Waals surface area contributed by atoms with E-state index in [9.17, 15) is 4.79 Å². The van der Waals surface area contributed by atoms with Gasteiger partial charge in [0.25, 0.3) is 0 Å². The van der Waals surface area contributed by atoms with E-state index in [-0.39, 0.29) is 11.6 Å². The van der Waals surface area contributed by atoms with Gasteiger partial charge in [-0.3, -0.25) is 4.79 Å².